The van der Waals surface area contributed by atoms with E-state index in [0.717, 1.165) is 0 Å². The van der Waals surface area contributed by atoms with Crippen molar-refractivity contribution >= 4 is 57.7 Å². The Balaban J connectivity index is 2.85. The van der Waals surface area contributed by atoms with Crippen LogP contribution in [0.4, 0.5) is 0 Å². The summed E-state index contributed by atoms with van der Waals surface area (Å²) in [6, 6.07) is 2.29. The second-order valence-electron chi connectivity index (χ2n) is 5.48. The van der Waals surface area contributed by atoms with Crippen molar-refractivity contribution in [2.75, 3.05) is 0 Å². The lowest BCUT2D eigenvalue weighted by molar-refractivity contribution is -0.156. The van der Waals surface area contributed by atoms with Gasteiger partial charge in [0.25, 0.3) is 5.91 Å². The van der Waals surface area contributed by atoms with Crippen LogP contribution >= 0.6 is 45.8 Å². The van der Waals surface area contributed by atoms with E-state index in [2.05, 4.69) is 5.32 Å². The Morgan fingerprint density at radius 3 is 2.38 bits per heavy atom. The molecular weight excluding hydrogens is 428 g/mol. The van der Waals surface area contributed by atoms with Crippen LogP contribution in [0.15, 0.2) is 12.1 Å². The first-order valence-corrected chi connectivity index (χ1v) is 8.03. The maximum Gasteiger partial charge on any atom is 0.328 e. The van der Waals surface area contributed by atoms with Gasteiger partial charge in [-0.25, -0.2) is 4.79 Å². The fourth-order valence-electron chi connectivity index (χ4n) is 1.44. The molecule has 0 heterocycles. The molecule has 1 aromatic carbocycles. The first-order chi connectivity index (χ1) is 9.51. The lowest BCUT2D eigenvalue weighted by atomic mass is 10.2. The van der Waals surface area contributed by atoms with Crippen LogP contribution in [0.3, 0.4) is 0 Å². The molecule has 0 saturated carbocycles. The Kier molecular flexibility index (Phi) is 6.31. The Morgan fingerprint density at radius 1 is 1.29 bits per heavy atom. The van der Waals surface area contributed by atoms with Crippen molar-refractivity contribution in [2.45, 2.75) is 39.3 Å². The van der Waals surface area contributed by atoms with Crippen molar-refractivity contribution in [3.63, 3.8) is 0 Å². The topological polar surface area (TPSA) is 55.4 Å². The molecule has 0 saturated heterocycles. The first kappa shape index (κ1) is 18.5. The van der Waals surface area contributed by atoms with Gasteiger partial charge in [0.15, 0.2) is 0 Å². The van der Waals surface area contributed by atoms with Gasteiger partial charge in [0.2, 0.25) is 0 Å². The molecule has 116 valence electrons. The zero-order chi connectivity index (χ0) is 16.4. The molecule has 1 aromatic rings. The van der Waals surface area contributed by atoms with Crippen LogP contribution in [0.2, 0.25) is 10.0 Å². The molecule has 0 spiro atoms. The molecule has 0 bridgehead atoms. The highest BCUT2D eigenvalue weighted by Crippen LogP contribution is 2.26. The normalized spacial score (nSPS) is 12.7. The monoisotopic (exact) mass is 443 g/mol. The minimum atomic E-state index is -0.773. The highest BCUT2D eigenvalue weighted by molar-refractivity contribution is 14.1. The molecule has 0 aromatic heterocycles. The van der Waals surface area contributed by atoms with Crippen molar-refractivity contribution < 1.29 is 14.3 Å². The molecule has 0 aliphatic heterocycles. The van der Waals surface area contributed by atoms with Gasteiger partial charge in [-0.3, -0.25) is 4.79 Å². The van der Waals surface area contributed by atoms with E-state index in [1.165, 1.54) is 6.07 Å². The van der Waals surface area contributed by atoms with Crippen molar-refractivity contribution in [3.8, 4) is 0 Å². The molecule has 21 heavy (non-hydrogen) atoms. The van der Waals surface area contributed by atoms with Gasteiger partial charge in [0.1, 0.15) is 11.6 Å². The minimum Gasteiger partial charge on any atom is -0.458 e. The molecule has 0 radical (unpaired) electrons. The molecule has 7 heteroatoms. The molecule has 1 rings (SSSR count). The summed E-state index contributed by atoms with van der Waals surface area (Å²) in [6.07, 6.45) is 0. The molecule has 0 aliphatic rings. The Labute approximate surface area is 147 Å². The van der Waals surface area contributed by atoms with Gasteiger partial charge in [-0.05, 0) is 62.4 Å². The number of amides is 1. The van der Waals surface area contributed by atoms with Crippen LogP contribution in [0.25, 0.3) is 0 Å². The van der Waals surface area contributed by atoms with Crippen LogP contribution in [0, 0.1) is 3.57 Å². The van der Waals surface area contributed by atoms with Crippen LogP contribution in [-0.4, -0.2) is 23.5 Å². The maximum absolute atomic E-state index is 12.2. The van der Waals surface area contributed by atoms with E-state index in [4.69, 9.17) is 27.9 Å². The van der Waals surface area contributed by atoms with Gasteiger partial charge in [0, 0.05) is 8.59 Å². The standard InChI is InChI=1S/C14H16Cl2INO3/c1-7(13(20)21-14(2,3)4)18-12(19)9-5-8(15)6-10(16)11(9)17/h5-7H,1-4H3,(H,18,19)/t7-/m0/s1. The van der Waals surface area contributed by atoms with Crippen LogP contribution in [0.1, 0.15) is 38.1 Å². The van der Waals surface area contributed by atoms with Crippen LogP contribution in [-0.2, 0) is 9.53 Å². The van der Waals surface area contributed by atoms with E-state index in [1.54, 1.807) is 33.8 Å². The second-order valence-corrected chi connectivity index (χ2v) is 7.40. The smallest absolute Gasteiger partial charge is 0.328 e. The van der Waals surface area contributed by atoms with Gasteiger partial charge in [-0.15, -0.1) is 0 Å². The Morgan fingerprint density at radius 2 is 1.86 bits per heavy atom. The molecule has 1 amide bonds. The van der Waals surface area contributed by atoms with E-state index in [-0.39, 0.29) is 0 Å². The largest absolute Gasteiger partial charge is 0.458 e. The Bertz CT molecular complexity index is 570. The van der Waals surface area contributed by atoms with E-state index >= 15 is 0 Å². The predicted molar refractivity (Wildman–Crippen MR) is 92.0 cm³/mol. The number of ether oxygens (including phenoxy) is 1. The fraction of sp³-hybridized carbons (Fsp3) is 0.429. The minimum absolute atomic E-state index is 0.323. The SMILES string of the molecule is C[C@H](NC(=O)c1cc(Cl)cc(Cl)c1I)C(=O)OC(C)(C)C. The number of carbonyl (C=O) groups excluding carboxylic acids is 2. The summed E-state index contributed by atoms with van der Waals surface area (Å²) in [5, 5.41) is 3.32. The van der Waals surface area contributed by atoms with E-state index in [9.17, 15) is 9.59 Å². The summed E-state index contributed by atoms with van der Waals surface area (Å²) in [4.78, 5) is 24.1. The lowest BCUT2D eigenvalue weighted by Gasteiger charge is -2.22. The van der Waals surface area contributed by atoms with Crippen molar-refractivity contribution in [2.24, 2.45) is 0 Å². The second kappa shape index (κ2) is 7.15. The number of halogens is 3. The van der Waals surface area contributed by atoms with Gasteiger partial charge >= 0.3 is 5.97 Å². The summed E-state index contributed by atoms with van der Waals surface area (Å²) < 4.78 is 5.78. The third-order valence-electron chi connectivity index (χ3n) is 2.35. The van der Waals surface area contributed by atoms with E-state index in [0.29, 0.717) is 19.2 Å². The molecule has 1 atom stereocenters. The quantitative estimate of drug-likeness (QED) is 0.435. The highest BCUT2D eigenvalue weighted by Gasteiger charge is 2.24. The summed E-state index contributed by atoms with van der Waals surface area (Å²) in [6.45, 7) is 6.85. The number of esters is 1. The van der Waals surface area contributed by atoms with Crippen molar-refractivity contribution in [3.05, 3.63) is 31.3 Å². The van der Waals surface area contributed by atoms with E-state index in [1.807, 2.05) is 22.6 Å². The molecule has 0 unspecified atom stereocenters. The number of benzene rings is 1. The van der Waals surface area contributed by atoms with Gasteiger partial charge < -0.3 is 10.1 Å². The number of nitrogens with one attached hydrogen (secondary N) is 1. The zero-order valence-electron chi connectivity index (χ0n) is 12.1. The summed E-state index contributed by atoms with van der Waals surface area (Å²) in [7, 11) is 0. The maximum atomic E-state index is 12.2. The predicted octanol–water partition coefficient (Wildman–Crippen LogP) is 4.06. The molecule has 4 nitrogen and oxygen atoms in total. The summed E-state index contributed by atoms with van der Waals surface area (Å²) in [5.74, 6) is -0.929. The third-order valence-corrected chi connectivity index (χ3v) is 4.34. The molecule has 1 N–H and O–H groups in total. The molecule has 0 aliphatic carbocycles. The molecular formula is C14H16Cl2INO3. The van der Waals surface area contributed by atoms with Gasteiger partial charge in [-0.2, -0.15) is 0 Å². The number of rotatable bonds is 3. The lowest BCUT2D eigenvalue weighted by Crippen LogP contribution is -2.42. The van der Waals surface area contributed by atoms with Gasteiger partial charge in [-0.1, -0.05) is 23.2 Å². The van der Waals surface area contributed by atoms with Crippen molar-refractivity contribution in [1.82, 2.24) is 5.32 Å². The summed E-state index contributed by atoms with van der Waals surface area (Å²) in [5.41, 5.74) is -0.285. The number of hydrogen-bond acceptors (Lipinski definition) is 3. The first-order valence-electron chi connectivity index (χ1n) is 6.19. The summed E-state index contributed by atoms with van der Waals surface area (Å²) >= 11 is 13.8. The zero-order valence-corrected chi connectivity index (χ0v) is 15.8. The average molecular weight is 444 g/mol. The molecule has 0 fully saturated rings. The Hall–Kier alpha value is -0.530. The number of hydrogen-bond donors (Lipinski definition) is 1. The van der Waals surface area contributed by atoms with Crippen LogP contribution in [0.5, 0.6) is 0 Å². The highest BCUT2D eigenvalue weighted by atomic mass is 127. The van der Waals surface area contributed by atoms with Gasteiger partial charge in [0.05, 0.1) is 10.6 Å². The van der Waals surface area contributed by atoms with Crippen LogP contribution < -0.4 is 5.32 Å². The van der Waals surface area contributed by atoms with E-state index < -0.39 is 23.5 Å². The average Bonchev–Trinajstić information content (AvgIpc) is 2.31. The third kappa shape index (κ3) is 5.64. The van der Waals surface area contributed by atoms with Crippen molar-refractivity contribution in [1.29, 1.82) is 0 Å². The fourth-order valence-corrected chi connectivity index (χ4v) is 2.49. The number of carbonyl (C=O) groups is 2.